The van der Waals surface area contributed by atoms with Crippen molar-refractivity contribution in [1.82, 2.24) is 5.32 Å². The lowest BCUT2D eigenvalue weighted by Crippen LogP contribution is -3.14. The van der Waals surface area contributed by atoms with Gasteiger partial charge < -0.3 is 20.7 Å². The van der Waals surface area contributed by atoms with Crippen molar-refractivity contribution in [3.8, 4) is 0 Å². The van der Waals surface area contributed by atoms with Gasteiger partial charge in [-0.05, 0) is 12.1 Å². The summed E-state index contributed by atoms with van der Waals surface area (Å²) in [7, 11) is 0. The van der Waals surface area contributed by atoms with Gasteiger partial charge in [-0.2, -0.15) is 0 Å². The van der Waals surface area contributed by atoms with Crippen molar-refractivity contribution >= 4 is 11.6 Å². The van der Waals surface area contributed by atoms with E-state index in [-0.39, 0.29) is 5.91 Å². The summed E-state index contributed by atoms with van der Waals surface area (Å²) in [5.41, 5.74) is 6.85. The van der Waals surface area contributed by atoms with Gasteiger partial charge in [0.05, 0.1) is 25.3 Å². The standard InChI is InChI=1S/C14H21N3O2/c15-13-5-2-1-4-12(13)14(18)16-6-3-7-17-8-10-19-11-9-17/h1-2,4-5H,3,6-11,15H2,(H,16,18)/p+1. The molecule has 1 fully saturated rings. The largest absolute Gasteiger partial charge is 0.398 e. The van der Waals surface area contributed by atoms with Crippen LogP contribution in [-0.4, -0.2) is 45.3 Å². The number of ether oxygens (including phenoxy) is 1. The Labute approximate surface area is 113 Å². The third kappa shape index (κ3) is 4.22. The van der Waals surface area contributed by atoms with E-state index in [9.17, 15) is 4.79 Å². The molecule has 0 aromatic heterocycles. The van der Waals surface area contributed by atoms with Gasteiger partial charge in [0, 0.05) is 18.7 Å². The van der Waals surface area contributed by atoms with Crippen LogP contribution >= 0.6 is 0 Å². The van der Waals surface area contributed by atoms with Crippen LogP contribution in [0.2, 0.25) is 0 Å². The topological polar surface area (TPSA) is 68.8 Å². The molecular formula is C14H22N3O2+. The van der Waals surface area contributed by atoms with E-state index < -0.39 is 0 Å². The van der Waals surface area contributed by atoms with Crippen LogP contribution in [0.15, 0.2) is 24.3 Å². The minimum absolute atomic E-state index is 0.0879. The number of nitrogens with two attached hydrogens (primary N) is 1. The molecule has 0 radical (unpaired) electrons. The molecule has 0 spiro atoms. The van der Waals surface area contributed by atoms with Gasteiger partial charge in [-0.15, -0.1) is 0 Å². The number of para-hydroxylation sites is 1. The fraction of sp³-hybridized carbons (Fsp3) is 0.500. The molecule has 5 heteroatoms. The molecule has 2 rings (SSSR count). The van der Waals surface area contributed by atoms with Gasteiger partial charge in [0.2, 0.25) is 0 Å². The van der Waals surface area contributed by atoms with Crippen molar-refractivity contribution < 1.29 is 14.4 Å². The van der Waals surface area contributed by atoms with Crippen LogP contribution in [0.25, 0.3) is 0 Å². The summed E-state index contributed by atoms with van der Waals surface area (Å²) < 4.78 is 5.31. The summed E-state index contributed by atoms with van der Waals surface area (Å²) in [5, 5.41) is 2.92. The Hall–Kier alpha value is -1.59. The molecule has 0 atom stereocenters. The number of rotatable bonds is 5. The molecule has 1 aliphatic rings. The highest BCUT2D eigenvalue weighted by atomic mass is 16.5. The number of nitrogen functional groups attached to an aromatic ring is 1. The fourth-order valence-corrected chi connectivity index (χ4v) is 2.25. The number of hydrogen-bond donors (Lipinski definition) is 3. The number of nitrogens with one attached hydrogen (secondary N) is 2. The van der Waals surface area contributed by atoms with Crippen molar-refractivity contribution in [2.24, 2.45) is 0 Å². The molecule has 0 bridgehead atoms. The van der Waals surface area contributed by atoms with Crippen molar-refractivity contribution in [1.29, 1.82) is 0 Å². The normalized spacial score (nSPS) is 16.2. The van der Waals surface area contributed by atoms with E-state index in [0.717, 1.165) is 39.3 Å². The maximum absolute atomic E-state index is 11.9. The summed E-state index contributed by atoms with van der Waals surface area (Å²) in [4.78, 5) is 13.5. The summed E-state index contributed by atoms with van der Waals surface area (Å²) in [5.74, 6) is -0.0879. The molecule has 0 aliphatic carbocycles. The predicted octanol–water partition coefficient (Wildman–Crippen LogP) is -0.696. The van der Waals surface area contributed by atoms with E-state index in [1.54, 1.807) is 17.0 Å². The molecule has 5 nitrogen and oxygen atoms in total. The molecule has 104 valence electrons. The van der Waals surface area contributed by atoms with Gasteiger partial charge in [0.25, 0.3) is 5.91 Å². The first-order valence-corrected chi connectivity index (χ1v) is 6.81. The van der Waals surface area contributed by atoms with Gasteiger partial charge in [-0.3, -0.25) is 4.79 Å². The zero-order valence-electron chi connectivity index (χ0n) is 11.2. The van der Waals surface area contributed by atoms with Crippen molar-refractivity contribution in [2.45, 2.75) is 6.42 Å². The second kappa shape index (κ2) is 7.11. The molecule has 0 unspecified atom stereocenters. The van der Waals surface area contributed by atoms with E-state index >= 15 is 0 Å². The second-order valence-corrected chi connectivity index (χ2v) is 4.81. The van der Waals surface area contributed by atoms with E-state index in [2.05, 4.69) is 5.32 Å². The van der Waals surface area contributed by atoms with Crippen LogP contribution in [0, 0.1) is 0 Å². The van der Waals surface area contributed by atoms with Gasteiger partial charge in [-0.1, -0.05) is 12.1 Å². The highest BCUT2D eigenvalue weighted by Crippen LogP contribution is 2.09. The Kier molecular flexibility index (Phi) is 5.18. The second-order valence-electron chi connectivity index (χ2n) is 4.81. The number of carbonyl (C=O) groups excluding carboxylic acids is 1. The lowest BCUT2D eigenvalue weighted by atomic mass is 10.1. The van der Waals surface area contributed by atoms with Crippen LogP contribution < -0.4 is 16.0 Å². The molecule has 1 amide bonds. The van der Waals surface area contributed by atoms with E-state index in [4.69, 9.17) is 10.5 Å². The Morgan fingerprint density at radius 1 is 1.32 bits per heavy atom. The SMILES string of the molecule is Nc1ccccc1C(=O)NCCC[NH+]1CCOCC1. The van der Waals surface area contributed by atoms with E-state index in [0.29, 0.717) is 17.8 Å². The molecule has 1 saturated heterocycles. The number of amides is 1. The van der Waals surface area contributed by atoms with Gasteiger partial charge in [0.15, 0.2) is 0 Å². The number of benzene rings is 1. The predicted molar refractivity (Wildman–Crippen MR) is 74.2 cm³/mol. The Bertz CT molecular complexity index is 417. The van der Waals surface area contributed by atoms with Crippen LogP contribution in [0.5, 0.6) is 0 Å². The van der Waals surface area contributed by atoms with E-state index in [1.165, 1.54) is 0 Å². The Balaban J connectivity index is 1.68. The first-order valence-electron chi connectivity index (χ1n) is 6.81. The number of morpholine rings is 1. The quantitative estimate of drug-likeness (QED) is 0.487. The summed E-state index contributed by atoms with van der Waals surface area (Å²) in [6.07, 6.45) is 0.980. The number of hydrogen-bond acceptors (Lipinski definition) is 3. The van der Waals surface area contributed by atoms with Gasteiger partial charge in [0.1, 0.15) is 13.1 Å². The van der Waals surface area contributed by atoms with E-state index in [1.807, 2.05) is 12.1 Å². The minimum Gasteiger partial charge on any atom is -0.398 e. The molecule has 1 aliphatic heterocycles. The third-order valence-electron chi connectivity index (χ3n) is 3.40. The first kappa shape index (κ1) is 13.8. The number of anilines is 1. The average Bonchev–Trinajstić information content (AvgIpc) is 2.45. The lowest BCUT2D eigenvalue weighted by Gasteiger charge is -2.23. The van der Waals surface area contributed by atoms with Crippen LogP contribution in [0.3, 0.4) is 0 Å². The molecule has 1 heterocycles. The molecular weight excluding hydrogens is 242 g/mol. The maximum Gasteiger partial charge on any atom is 0.253 e. The smallest absolute Gasteiger partial charge is 0.253 e. The van der Waals surface area contributed by atoms with Crippen molar-refractivity contribution in [3.05, 3.63) is 29.8 Å². The van der Waals surface area contributed by atoms with Crippen LogP contribution in [-0.2, 0) is 4.74 Å². The Morgan fingerprint density at radius 2 is 2.05 bits per heavy atom. The third-order valence-corrected chi connectivity index (χ3v) is 3.40. The average molecular weight is 264 g/mol. The lowest BCUT2D eigenvalue weighted by molar-refractivity contribution is -0.908. The monoisotopic (exact) mass is 264 g/mol. The molecule has 4 N–H and O–H groups in total. The van der Waals surface area contributed by atoms with Crippen LogP contribution in [0.4, 0.5) is 5.69 Å². The van der Waals surface area contributed by atoms with Gasteiger partial charge >= 0.3 is 0 Å². The van der Waals surface area contributed by atoms with Crippen molar-refractivity contribution in [2.75, 3.05) is 45.1 Å². The summed E-state index contributed by atoms with van der Waals surface area (Å²) >= 11 is 0. The zero-order valence-corrected chi connectivity index (χ0v) is 11.2. The van der Waals surface area contributed by atoms with Crippen LogP contribution in [0.1, 0.15) is 16.8 Å². The molecule has 1 aromatic rings. The van der Waals surface area contributed by atoms with Crippen molar-refractivity contribution in [3.63, 3.8) is 0 Å². The summed E-state index contributed by atoms with van der Waals surface area (Å²) in [6.45, 7) is 5.61. The maximum atomic E-state index is 11.9. The summed E-state index contributed by atoms with van der Waals surface area (Å²) in [6, 6.07) is 7.14. The molecule has 1 aromatic carbocycles. The first-order chi connectivity index (χ1) is 9.27. The van der Waals surface area contributed by atoms with Gasteiger partial charge in [-0.25, -0.2) is 0 Å². The fourth-order valence-electron chi connectivity index (χ4n) is 2.25. The molecule has 19 heavy (non-hydrogen) atoms. The Morgan fingerprint density at radius 3 is 2.79 bits per heavy atom. The molecule has 0 saturated carbocycles. The minimum atomic E-state index is -0.0879. The highest BCUT2D eigenvalue weighted by molar-refractivity contribution is 5.98. The highest BCUT2D eigenvalue weighted by Gasteiger charge is 2.13. The number of quaternary nitrogens is 1. The number of carbonyl (C=O) groups is 1. The zero-order chi connectivity index (χ0) is 13.5.